The third-order valence-corrected chi connectivity index (χ3v) is 4.01. The second-order valence-corrected chi connectivity index (χ2v) is 5.45. The molecule has 0 aliphatic heterocycles. The zero-order valence-electron chi connectivity index (χ0n) is 11.6. The van der Waals surface area contributed by atoms with Gasteiger partial charge in [0.05, 0.1) is 0 Å². The molecule has 1 aliphatic rings. The lowest BCUT2D eigenvalue weighted by Crippen LogP contribution is -2.40. The van der Waals surface area contributed by atoms with Crippen molar-refractivity contribution in [2.24, 2.45) is 11.1 Å². The number of benzene rings is 1. The average molecular weight is 301 g/mol. The van der Waals surface area contributed by atoms with Crippen LogP contribution in [-0.4, -0.2) is 18.7 Å². The van der Waals surface area contributed by atoms with Gasteiger partial charge in [0.15, 0.2) is 5.78 Å². The third-order valence-electron chi connectivity index (χ3n) is 4.01. The fourth-order valence-electron chi connectivity index (χ4n) is 2.89. The summed E-state index contributed by atoms with van der Waals surface area (Å²) >= 11 is 0. The number of alkyl halides is 3. The van der Waals surface area contributed by atoms with E-state index in [0.29, 0.717) is 12.8 Å². The summed E-state index contributed by atoms with van der Waals surface area (Å²) in [6.45, 7) is 0.218. The summed E-state index contributed by atoms with van der Waals surface area (Å²) in [6, 6.07) is 5.22. The van der Waals surface area contributed by atoms with Gasteiger partial charge < -0.3 is 10.5 Å². The van der Waals surface area contributed by atoms with Gasteiger partial charge in [-0.05, 0) is 25.0 Å². The highest BCUT2D eigenvalue weighted by molar-refractivity contribution is 6.01. The van der Waals surface area contributed by atoms with E-state index in [-0.39, 0.29) is 23.6 Å². The van der Waals surface area contributed by atoms with Crippen molar-refractivity contribution in [2.75, 3.05) is 6.54 Å². The number of hydrogen-bond acceptors (Lipinski definition) is 3. The zero-order chi connectivity index (χ0) is 15.5. The van der Waals surface area contributed by atoms with Gasteiger partial charge in [-0.3, -0.25) is 4.79 Å². The number of rotatable bonds is 4. The molecule has 3 nitrogen and oxygen atoms in total. The molecular formula is C15H18F3NO2. The standard InChI is InChI=1S/C15H18F3NO2/c16-15(17,18)21-12-6-4-5-11(9-12)13(20)14(10-19)7-2-1-3-8-14/h4-6,9H,1-3,7-8,10,19H2. The molecule has 1 aromatic rings. The van der Waals surface area contributed by atoms with Crippen LogP contribution in [0.4, 0.5) is 13.2 Å². The van der Waals surface area contributed by atoms with Gasteiger partial charge in [-0.15, -0.1) is 13.2 Å². The Morgan fingerprint density at radius 3 is 2.48 bits per heavy atom. The van der Waals surface area contributed by atoms with Gasteiger partial charge >= 0.3 is 6.36 Å². The molecule has 1 aliphatic carbocycles. The smallest absolute Gasteiger partial charge is 0.406 e. The van der Waals surface area contributed by atoms with Crippen LogP contribution in [0.5, 0.6) is 5.75 Å². The van der Waals surface area contributed by atoms with Crippen LogP contribution >= 0.6 is 0 Å². The van der Waals surface area contributed by atoms with Crippen LogP contribution < -0.4 is 10.5 Å². The summed E-state index contributed by atoms with van der Waals surface area (Å²) in [4.78, 5) is 12.7. The van der Waals surface area contributed by atoms with Crippen LogP contribution in [0.2, 0.25) is 0 Å². The molecule has 6 heteroatoms. The largest absolute Gasteiger partial charge is 0.573 e. The molecule has 0 spiro atoms. The maximum atomic E-state index is 12.7. The highest BCUT2D eigenvalue weighted by Crippen LogP contribution is 2.38. The first-order valence-electron chi connectivity index (χ1n) is 6.97. The van der Waals surface area contributed by atoms with E-state index in [1.54, 1.807) is 0 Å². The van der Waals surface area contributed by atoms with Crippen molar-refractivity contribution in [3.63, 3.8) is 0 Å². The van der Waals surface area contributed by atoms with Crippen LogP contribution in [0.25, 0.3) is 0 Å². The topological polar surface area (TPSA) is 52.3 Å². The van der Waals surface area contributed by atoms with Crippen LogP contribution in [0.1, 0.15) is 42.5 Å². The average Bonchev–Trinajstić information content (AvgIpc) is 2.45. The summed E-state index contributed by atoms with van der Waals surface area (Å²) in [6.07, 6.45) is -0.493. The lowest BCUT2D eigenvalue weighted by molar-refractivity contribution is -0.274. The normalized spacial score (nSPS) is 18.3. The Morgan fingerprint density at radius 2 is 1.90 bits per heavy atom. The molecule has 21 heavy (non-hydrogen) atoms. The number of halogens is 3. The third kappa shape index (κ3) is 3.75. The molecule has 1 aromatic carbocycles. The first-order valence-corrected chi connectivity index (χ1v) is 6.97. The number of carbonyl (C=O) groups is 1. The lowest BCUT2D eigenvalue weighted by atomic mass is 9.69. The van der Waals surface area contributed by atoms with Gasteiger partial charge in [-0.2, -0.15) is 0 Å². The minimum absolute atomic E-state index is 0.183. The van der Waals surface area contributed by atoms with Gasteiger partial charge in [0.2, 0.25) is 0 Å². The van der Waals surface area contributed by atoms with Gasteiger partial charge in [0, 0.05) is 17.5 Å². The van der Waals surface area contributed by atoms with E-state index in [0.717, 1.165) is 25.3 Å². The lowest BCUT2D eigenvalue weighted by Gasteiger charge is -2.34. The molecule has 0 radical (unpaired) electrons. The molecule has 1 fully saturated rings. The minimum atomic E-state index is -4.77. The Labute approximate surface area is 121 Å². The molecule has 2 N–H and O–H groups in total. The van der Waals surface area contributed by atoms with Gasteiger partial charge in [-0.1, -0.05) is 31.4 Å². The van der Waals surface area contributed by atoms with E-state index < -0.39 is 11.8 Å². The molecule has 0 atom stereocenters. The summed E-state index contributed by atoms with van der Waals surface area (Å²) in [5.74, 6) is -0.561. The molecule has 0 heterocycles. The van der Waals surface area contributed by atoms with Crippen LogP contribution in [0, 0.1) is 5.41 Å². The number of ether oxygens (including phenoxy) is 1. The van der Waals surface area contributed by atoms with E-state index in [1.165, 1.54) is 18.2 Å². The number of Topliss-reactive ketones (excluding diaryl/α,β-unsaturated/α-hetero) is 1. The van der Waals surface area contributed by atoms with Crippen LogP contribution in [0.3, 0.4) is 0 Å². The predicted molar refractivity (Wildman–Crippen MR) is 72.0 cm³/mol. The van der Waals surface area contributed by atoms with Crippen molar-refractivity contribution in [1.82, 2.24) is 0 Å². The molecule has 0 bridgehead atoms. The number of ketones is 1. The SMILES string of the molecule is NCC1(C(=O)c2cccc(OC(F)(F)F)c2)CCCCC1. The monoisotopic (exact) mass is 301 g/mol. The van der Waals surface area contributed by atoms with Gasteiger partial charge in [0.25, 0.3) is 0 Å². The number of carbonyl (C=O) groups excluding carboxylic acids is 1. The first kappa shape index (κ1) is 15.8. The van der Waals surface area contributed by atoms with E-state index in [1.807, 2.05) is 0 Å². The highest BCUT2D eigenvalue weighted by Gasteiger charge is 2.39. The molecule has 0 amide bonds. The Hall–Kier alpha value is -1.56. The molecule has 1 saturated carbocycles. The quantitative estimate of drug-likeness (QED) is 0.863. The van der Waals surface area contributed by atoms with Crippen LogP contribution in [-0.2, 0) is 0 Å². The Kier molecular flexibility index (Phi) is 4.56. The van der Waals surface area contributed by atoms with E-state index in [9.17, 15) is 18.0 Å². The first-order chi connectivity index (χ1) is 9.86. The number of hydrogen-bond donors (Lipinski definition) is 1. The maximum absolute atomic E-state index is 12.7. The highest BCUT2D eigenvalue weighted by atomic mass is 19.4. The van der Waals surface area contributed by atoms with Crippen LogP contribution in [0.15, 0.2) is 24.3 Å². The summed E-state index contributed by atoms with van der Waals surface area (Å²) < 4.78 is 40.6. The fraction of sp³-hybridized carbons (Fsp3) is 0.533. The van der Waals surface area contributed by atoms with E-state index >= 15 is 0 Å². The van der Waals surface area contributed by atoms with Crippen molar-refractivity contribution in [1.29, 1.82) is 0 Å². The maximum Gasteiger partial charge on any atom is 0.573 e. The van der Waals surface area contributed by atoms with Crippen molar-refractivity contribution in [3.8, 4) is 5.75 Å². The minimum Gasteiger partial charge on any atom is -0.406 e. The molecule has 0 aromatic heterocycles. The Balaban J connectivity index is 2.24. The molecule has 0 saturated heterocycles. The van der Waals surface area contributed by atoms with Gasteiger partial charge in [-0.25, -0.2) is 0 Å². The molecule has 116 valence electrons. The molecule has 0 unspecified atom stereocenters. The van der Waals surface area contributed by atoms with Crippen molar-refractivity contribution < 1.29 is 22.7 Å². The van der Waals surface area contributed by atoms with E-state index in [4.69, 9.17) is 5.73 Å². The summed E-state index contributed by atoms with van der Waals surface area (Å²) in [5, 5.41) is 0. The van der Waals surface area contributed by atoms with Crippen molar-refractivity contribution in [3.05, 3.63) is 29.8 Å². The predicted octanol–water partition coefficient (Wildman–Crippen LogP) is 3.68. The zero-order valence-corrected chi connectivity index (χ0v) is 11.6. The fourth-order valence-corrected chi connectivity index (χ4v) is 2.89. The second-order valence-electron chi connectivity index (χ2n) is 5.45. The molecule has 2 rings (SSSR count). The summed E-state index contributed by atoms with van der Waals surface area (Å²) in [5.41, 5.74) is 5.37. The van der Waals surface area contributed by atoms with Crippen molar-refractivity contribution >= 4 is 5.78 Å². The second kappa shape index (κ2) is 6.05. The Bertz CT molecular complexity index is 508. The summed E-state index contributed by atoms with van der Waals surface area (Å²) in [7, 11) is 0. The Morgan fingerprint density at radius 1 is 1.24 bits per heavy atom. The van der Waals surface area contributed by atoms with E-state index in [2.05, 4.69) is 4.74 Å². The van der Waals surface area contributed by atoms with Gasteiger partial charge in [0.1, 0.15) is 5.75 Å². The molecular weight excluding hydrogens is 283 g/mol. The van der Waals surface area contributed by atoms with Crippen molar-refractivity contribution in [2.45, 2.75) is 38.5 Å². The number of nitrogens with two attached hydrogens (primary N) is 1.